The number of nitrogens with one attached hydrogen (secondary N) is 3. The maximum absolute atomic E-state index is 13.6. The number of ether oxygens (including phenoxy) is 1. The van der Waals surface area contributed by atoms with Crippen LogP contribution < -0.4 is 21.7 Å². The topological polar surface area (TPSA) is 214 Å². The number of likely N-dealkylation sites (N-methyl/N-ethyl adjacent to an activating group) is 1. The summed E-state index contributed by atoms with van der Waals surface area (Å²) >= 11 is 1.37. The molecule has 1 saturated heterocycles. The Morgan fingerprint density at radius 2 is 1.65 bits per heavy atom. The number of primary amides is 1. The van der Waals surface area contributed by atoms with Crippen LogP contribution in [-0.2, 0) is 40.1 Å². The largest absolute Gasteiger partial charge is 0.445 e. The molecule has 0 aliphatic carbocycles. The zero-order valence-corrected chi connectivity index (χ0v) is 33.4. The van der Waals surface area contributed by atoms with Crippen molar-refractivity contribution in [3.05, 3.63) is 29.8 Å². The molecule has 54 heavy (non-hydrogen) atoms. The standard InChI is InChI=1S/C38H58N6O9S/c1-23(2)33(42-31(47)13-9-8-10-19-44-32(48)21-30(54-7)36(44)50)29(46)20-27(12-11-18-40-37(39)51)35(49)41-28-16-14-26(15-17-28)22-53-38(52)43(6)34(24(3)4)25(5)45/h14-17,23-24,27,30,33-34H,8-13,18-22H2,1-7H3,(H,41,49)(H,42,47)(H3,39,40,51)/t27-,30?,33?,34+/m1/s1. The van der Waals surface area contributed by atoms with Crippen molar-refractivity contribution >= 4 is 64.8 Å². The number of Topliss-reactive ketones (excluding diaryl/α,β-unsaturated/α-hetero) is 2. The third-order valence-electron chi connectivity index (χ3n) is 9.29. The van der Waals surface area contributed by atoms with Gasteiger partial charge in [0.2, 0.25) is 23.6 Å². The molecule has 15 nitrogen and oxygen atoms in total. The number of amides is 7. The lowest BCUT2D eigenvalue weighted by Crippen LogP contribution is -2.45. The van der Waals surface area contributed by atoms with Gasteiger partial charge in [0, 0.05) is 51.0 Å². The predicted molar refractivity (Wildman–Crippen MR) is 206 cm³/mol. The first-order valence-electron chi connectivity index (χ1n) is 18.5. The highest BCUT2D eigenvalue weighted by Gasteiger charge is 2.37. The molecule has 0 spiro atoms. The first-order chi connectivity index (χ1) is 25.5. The molecule has 16 heteroatoms. The van der Waals surface area contributed by atoms with E-state index in [-0.39, 0.29) is 85.2 Å². The summed E-state index contributed by atoms with van der Waals surface area (Å²) in [5.41, 5.74) is 6.28. The van der Waals surface area contributed by atoms with Crippen molar-refractivity contribution in [2.24, 2.45) is 23.5 Å². The molecule has 0 aromatic heterocycles. The summed E-state index contributed by atoms with van der Waals surface area (Å²) in [4.78, 5) is 103. The summed E-state index contributed by atoms with van der Waals surface area (Å²) in [7, 11) is 1.52. The van der Waals surface area contributed by atoms with Crippen LogP contribution in [0, 0.1) is 17.8 Å². The first kappa shape index (κ1) is 45.7. The Balaban J connectivity index is 1.97. The van der Waals surface area contributed by atoms with E-state index in [1.165, 1.54) is 35.5 Å². The summed E-state index contributed by atoms with van der Waals surface area (Å²) in [6.45, 7) is 9.23. The molecule has 300 valence electrons. The zero-order chi connectivity index (χ0) is 40.5. The molecule has 7 amide bonds. The predicted octanol–water partition coefficient (Wildman–Crippen LogP) is 4.02. The van der Waals surface area contributed by atoms with Gasteiger partial charge >= 0.3 is 12.1 Å². The lowest BCUT2D eigenvalue weighted by Gasteiger charge is -2.28. The molecule has 2 rings (SSSR count). The smallest absolute Gasteiger partial charge is 0.410 e. The van der Waals surface area contributed by atoms with Crippen molar-refractivity contribution in [1.82, 2.24) is 20.4 Å². The molecule has 2 unspecified atom stereocenters. The number of nitrogens with zero attached hydrogens (tertiary/aromatic N) is 2. The summed E-state index contributed by atoms with van der Waals surface area (Å²) in [5, 5.41) is 7.83. The van der Waals surface area contributed by atoms with Crippen LogP contribution in [0.1, 0.15) is 91.5 Å². The van der Waals surface area contributed by atoms with Crippen LogP contribution in [0.2, 0.25) is 0 Å². The van der Waals surface area contributed by atoms with Crippen molar-refractivity contribution in [2.75, 3.05) is 31.7 Å². The second-order valence-corrected chi connectivity index (χ2v) is 15.4. The average molecular weight is 775 g/mol. The molecule has 1 fully saturated rings. The molecule has 1 aliphatic heterocycles. The van der Waals surface area contributed by atoms with Crippen LogP contribution in [0.15, 0.2) is 24.3 Å². The maximum Gasteiger partial charge on any atom is 0.410 e. The van der Waals surface area contributed by atoms with E-state index in [2.05, 4.69) is 16.0 Å². The first-order valence-corrected chi connectivity index (χ1v) is 19.8. The van der Waals surface area contributed by atoms with Gasteiger partial charge in [-0.25, -0.2) is 9.59 Å². The molecule has 4 atom stereocenters. The Bertz CT molecular complexity index is 1490. The van der Waals surface area contributed by atoms with Crippen molar-refractivity contribution < 1.29 is 43.1 Å². The number of urea groups is 1. The van der Waals surface area contributed by atoms with Gasteiger partial charge in [0.05, 0.1) is 17.3 Å². The fourth-order valence-electron chi connectivity index (χ4n) is 6.40. The Kier molecular flexibility index (Phi) is 19.2. The van der Waals surface area contributed by atoms with Crippen molar-refractivity contribution in [2.45, 2.75) is 110 Å². The molecule has 1 aromatic rings. The molecule has 0 bridgehead atoms. The number of carbonyl (C=O) groups excluding carboxylic acids is 8. The Labute approximate surface area is 322 Å². The highest BCUT2D eigenvalue weighted by molar-refractivity contribution is 8.00. The van der Waals surface area contributed by atoms with E-state index in [1.807, 2.05) is 27.7 Å². The number of ketones is 2. The quantitative estimate of drug-likeness (QED) is 0.0926. The van der Waals surface area contributed by atoms with E-state index in [0.717, 1.165) is 0 Å². The Hall–Kier alpha value is -4.47. The van der Waals surface area contributed by atoms with Gasteiger partial charge in [-0.1, -0.05) is 46.2 Å². The number of carbonyl (C=O) groups is 8. The van der Waals surface area contributed by atoms with Crippen molar-refractivity contribution in [3.8, 4) is 0 Å². The van der Waals surface area contributed by atoms with E-state index in [0.29, 0.717) is 43.5 Å². The molecule has 5 N–H and O–H groups in total. The SMILES string of the molecule is CSC1CC(=O)N(CCCCCC(=O)NC(C(=O)C[C@@H](CCCNC(N)=O)C(=O)Nc2ccc(COC(=O)N(C)[C@H](C(C)=O)C(C)C)cc2)C(C)C)C1=O. The van der Waals surface area contributed by atoms with Crippen LogP contribution in [-0.4, -0.2) is 101 Å². The number of hydrogen-bond acceptors (Lipinski definition) is 10. The van der Waals surface area contributed by atoms with Gasteiger partial charge in [-0.2, -0.15) is 11.8 Å². The molecular formula is C38H58N6O9S. The van der Waals surface area contributed by atoms with Gasteiger partial charge < -0.3 is 31.3 Å². The minimum atomic E-state index is -0.827. The fraction of sp³-hybridized carbons (Fsp3) is 0.632. The molecule has 0 radical (unpaired) electrons. The molecule has 1 aromatic carbocycles. The summed E-state index contributed by atoms with van der Waals surface area (Å²) in [6, 6.07) is 4.52. The number of benzene rings is 1. The molecular weight excluding hydrogens is 717 g/mol. The van der Waals surface area contributed by atoms with Crippen molar-refractivity contribution in [3.63, 3.8) is 0 Å². The number of imide groups is 1. The van der Waals surface area contributed by atoms with Crippen LogP contribution >= 0.6 is 11.8 Å². The third-order valence-corrected chi connectivity index (χ3v) is 10.2. The normalized spacial score (nSPS) is 15.8. The summed E-state index contributed by atoms with van der Waals surface area (Å²) < 4.78 is 5.40. The van der Waals surface area contributed by atoms with E-state index in [1.54, 1.807) is 30.5 Å². The third kappa shape index (κ3) is 14.7. The molecule has 1 heterocycles. The van der Waals surface area contributed by atoms with Gasteiger partial charge in [-0.3, -0.25) is 33.7 Å². The zero-order valence-electron chi connectivity index (χ0n) is 32.6. The van der Waals surface area contributed by atoms with E-state index in [4.69, 9.17) is 10.5 Å². The van der Waals surface area contributed by atoms with Crippen LogP contribution in [0.4, 0.5) is 15.3 Å². The minimum absolute atomic E-state index is 0.0498. The number of unbranched alkanes of at least 4 members (excludes halogenated alkanes) is 2. The van der Waals surface area contributed by atoms with Gasteiger partial charge in [-0.15, -0.1) is 0 Å². The van der Waals surface area contributed by atoms with Crippen molar-refractivity contribution in [1.29, 1.82) is 0 Å². The summed E-state index contributed by atoms with van der Waals surface area (Å²) in [5.74, 6) is -2.61. The van der Waals surface area contributed by atoms with Gasteiger partial charge in [-0.05, 0) is 68.4 Å². The fourth-order valence-corrected chi connectivity index (χ4v) is 7.04. The monoisotopic (exact) mass is 774 g/mol. The molecule has 1 aliphatic rings. The van der Waals surface area contributed by atoms with E-state index >= 15 is 0 Å². The highest BCUT2D eigenvalue weighted by atomic mass is 32.2. The molecule has 0 saturated carbocycles. The number of thioether (sulfide) groups is 1. The number of nitrogens with two attached hydrogens (primary N) is 1. The van der Waals surface area contributed by atoms with Gasteiger partial charge in [0.25, 0.3) is 0 Å². The number of likely N-dealkylation sites (tertiary alicyclic amines) is 1. The van der Waals surface area contributed by atoms with Crippen LogP contribution in [0.25, 0.3) is 0 Å². The lowest BCUT2D eigenvalue weighted by molar-refractivity contribution is -0.138. The number of hydrogen-bond donors (Lipinski definition) is 4. The lowest BCUT2D eigenvalue weighted by atomic mass is 9.89. The second kappa shape index (κ2) is 22.7. The van der Waals surface area contributed by atoms with Crippen LogP contribution in [0.3, 0.4) is 0 Å². The Morgan fingerprint density at radius 3 is 2.20 bits per heavy atom. The number of anilines is 1. The van der Waals surface area contributed by atoms with E-state index < -0.39 is 36.0 Å². The van der Waals surface area contributed by atoms with Crippen LogP contribution in [0.5, 0.6) is 0 Å². The average Bonchev–Trinajstić information content (AvgIpc) is 3.38. The Morgan fingerprint density at radius 1 is 0.981 bits per heavy atom. The second-order valence-electron chi connectivity index (χ2n) is 14.4. The van der Waals surface area contributed by atoms with Gasteiger partial charge in [0.1, 0.15) is 6.61 Å². The maximum atomic E-state index is 13.6. The highest BCUT2D eigenvalue weighted by Crippen LogP contribution is 2.24. The summed E-state index contributed by atoms with van der Waals surface area (Å²) in [6.07, 6.45) is 3.75. The minimum Gasteiger partial charge on any atom is -0.445 e. The van der Waals surface area contributed by atoms with Gasteiger partial charge in [0.15, 0.2) is 11.6 Å². The van der Waals surface area contributed by atoms with E-state index in [9.17, 15) is 38.4 Å². The number of rotatable bonds is 23.